The first kappa shape index (κ1) is 17.7. The molecule has 0 aromatic carbocycles. The molecule has 120 valence electrons. The molecule has 0 bridgehead atoms. The number of aromatic carboxylic acids is 1. The molecule has 0 aliphatic carbocycles. The van der Waals surface area contributed by atoms with Crippen molar-refractivity contribution >= 4 is 16.0 Å². The van der Waals surface area contributed by atoms with Crippen molar-refractivity contribution in [1.29, 1.82) is 0 Å². The van der Waals surface area contributed by atoms with E-state index in [9.17, 15) is 13.2 Å². The van der Waals surface area contributed by atoms with Crippen LogP contribution in [0.2, 0.25) is 0 Å². The highest BCUT2D eigenvalue weighted by Crippen LogP contribution is 2.23. The fourth-order valence-corrected chi connectivity index (χ4v) is 4.15. The van der Waals surface area contributed by atoms with Gasteiger partial charge in [-0.2, -0.15) is 4.31 Å². The first-order valence-electron chi connectivity index (χ1n) is 6.81. The molecule has 0 radical (unpaired) electrons. The standard InChI is InChI=1S/C13H22N2O5S/c1-4-10(5-2)15(6-7-16)21(19,20)11-8-12(13(17)18)14(3)9-11/h8-10,16H,4-7H2,1-3H3,(H,17,18). The summed E-state index contributed by atoms with van der Waals surface area (Å²) in [6.07, 6.45) is 2.52. The van der Waals surface area contributed by atoms with E-state index < -0.39 is 16.0 Å². The maximum Gasteiger partial charge on any atom is 0.352 e. The molecule has 0 saturated heterocycles. The molecule has 21 heavy (non-hydrogen) atoms. The van der Waals surface area contributed by atoms with E-state index >= 15 is 0 Å². The van der Waals surface area contributed by atoms with Crippen LogP contribution in [0, 0.1) is 0 Å². The van der Waals surface area contributed by atoms with Crippen LogP contribution in [0.25, 0.3) is 0 Å². The number of hydrogen-bond acceptors (Lipinski definition) is 4. The quantitative estimate of drug-likeness (QED) is 0.741. The Morgan fingerprint density at radius 1 is 1.38 bits per heavy atom. The van der Waals surface area contributed by atoms with Gasteiger partial charge in [-0.25, -0.2) is 13.2 Å². The highest BCUT2D eigenvalue weighted by Gasteiger charge is 2.31. The normalized spacial score (nSPS) is 12.3. The highest BCUT2D eigenvalue weighted by atomic mass is 32.2. The summed E-state index contributed by atoms with van der Waals surface area (Å²) in [5.41, 5.74) is -0.0953. The molecule has 1 rings (SSSR count). The molecule has 0 unspecified atom stereocenters. The zero-order chi connectivity index (χ0) is 16.2. The van der Waals surface area contributed by atoms with E-state index in [1.165, 1.54) is 22.1 Å². The zero-order valence-electron chi connectivity index (χ0n) is 12.5. The molecule has 0 atom stereocenters. The SMILES string of the molecule is CCC(CC)N(CCO)S(=O)(=O)c1cc(C(=O)O)n(C)c1. The van der Waals surface area contributed by atoms with Crippen LogP contribution < -0.4 is 0 Å². The Balaban J connectivity index is 3.28. The van der Waals surface area contributed by atoms with Crippen molar-refractivity contribution in [1.82, 2.24) is 8.87 Å². The van der Waals surface area contributed by atoms with E-state index in [1.807, 2.05) is 13.8 Å². The number of sulfonamides is 1. The minimum atomic E-state index is -3.83. The third-order valence-corrected chi connectivity index (χ3v) is 5.39. The minimum absolute atomic E-state index is 0.00796. The second-order valence-electron chi connectivity index (χ2n) is 4.79. The first-order chi connectivity index (χ1) is 9.79. The van der Waals surface area contributed by atoms with Crippen molar-refractivity contribution in [2.45, 2.75) is 37.6 Å². The van der Waals surface area contributed by atoms with Crippen LogP contribution in [-0.4, -0.2) is 52.7 Å². The van der Waals surface area contributed by atoms with Crippen LogP contribution >= 0.6 is 0 Å². The van der Waals surface area contributed by atoms with Gasteiger partial charge in [-0.15, -0.1) is 0 Å². The predicted molar refractivity (Wildman–Crippen MR) is 77.7 cm³/mol. The van der Waals surface area contributed by atoms with Crippen molar-refractivity contribution in [2.24, 2.45) is 7.05 Å². The molecule has 0 fully saturated rings. The van der Waals surface area contributed by atoms with Gasteiger partial charge < -0.3 is 14.8 Å². The number of carboxylic acid groups (broad SMARTS) is 1. The molecule has 1 aromatic rings. The van der Waals surface area contributed by atoms with E-state index in [4.69, 9.17) is 10.2 Å². The van der Waals surface area contributed by atoms with Crippen LogP contribution in [0.1, 0.15) is 37.2 Å². The number of carboxylic acids is 1. The molecule has 1 aromatic heterocycles. The van der Waals surface area contributed by atoms with Gasteiger partial charge in [0.05, 0.1) is 6.61 Å². The average molecular weight is 318 g/mol. The van der Waals surface area contributed by atoms with E-state index in [2.05, 4.69) is 0 Å². The van der Waals surface area contributed by atoms with Gasteiger partial charge >= 0.3 is 5.97 Å². The van der Waals surface area contributed by atoms with E-state index in [0.717, 1.165) is 6.07 Å². The van der Waals surface area contributed by atoms with Crippen molar-refractivity contribution in [3.8, 4) is 0 Å². The number of aryl methyl sites for hydroxylation is 1. The Labute approximate surface area is 124 Å². The summed E-state index contributed by atoms with van der Waals surface area (Å²) < 4.78 is 27.9. The fraction of sp³-hybridized carbons (Fsp3) is 0.615. The fourth-order valence-electron chi connectivity index (χ4n) is 2.32. The maximum absolute atomic E-state index is 12.7. The third-order valence-electron chi connectivity index (χ3n) is 3.48. The van der Waals surface area contributed by atoms with Crippen molar-refractivity contribution in [3.05, 3.63) is 18.0 Å². The van der Waals surface area contributed by atoms with Crippen LogP contribution in [0.5, 0.6) is 0 Å². The van der Waals surface area contributed by atoms with Gasteiger partial charge in [0.2, 0.25) is 10.0 Å². The summed E-state index contributed by atoms with van der Waals surface area (Å²) >= 11 is 0. The van der Waals surface area contributed by atoms with Crippen molar-refractivity contribution < 1.29 is 23.4 Å². The summed E-state index contributed by atoms with van der Waals surface area (Å²) in [7, 11) is -2.35. The lowest BCUT2D eigenvalue weighted by Gasteiger charge is -2.28. The average Bonchev–Trinajstić information content (AvgIpc) is 2.82. The van der Waals surface area contributed by atoms with Gasteiger partial charge in [-0.1, -0.05) is 13.8 Å². The molecule has 0 amide bonds. The Morgan fingerprint density at radius 3 is 2.33 bits per heavy atom. The lowest BCUT2D eigenvalue weighted by Crippen LogP contribution is -2.41. The minimum Gasteiger partial charge on any atom is -0.477 e. The van der Waals surface area contributed by atoms with Gasteiger partial charge in [0.15, 0.2) is 0 Å². The number of nitrogens with zero attached hydrogens (tertiary/aromatic N) is 2. The predicted octanol–water partition coefficient (Wildman–Crippen LogP) is 0.895. The maximum atomic E-state index is 12.7. The Bertz CT molecular complexity index is 590. The summed E-state index contributed by atoms with van der Waals surface area (Å²) in [5, 5.41) is 18.1. The second-order valence-corrected chi connectivity index (χ2v) is 6.68. The Hall–Kier alpha value is -1.38. The topological polar surface area (TPSA) is 99.8 Å². The summed E-state index contributed by atoms with van der Waals surface area (Å²) in [6, 6.07) is 0.917. The number of aromatic nitrogens is 1. The second kappa shape index (κ2) is 7.06. The van der Waals surface area contributed by atoms with E-state index in [0.29, 0.717) is 12.8 Å². The van der Waals surface area contributed by atoms with Crippen LogP contribution in [-0.2, 0) is 17.1 Å². The number of rotatable bonds is 8. The highest BCUT2D eigenvalue weighted by molar-refractivity contribution is 7.89. The third kappa shape index (κ3) is 3.63. The monoisotopic (exact) mass is 318 g/mol. The first-order valence-corrected chi connectivity index (χ1v) is 8.25. The summed E-state index contributed by atoms with van der Waals surface area (Å²) in [4.78, 5) is 11.0. The summed E-state index contributed by atoms with van der Waals surface area (Å²) in [6.45, 7) is 3.46. The van der Waals surface area contributed by atoms with Gasteiger partial charge in [-0.05, 0) is 18.9 Å². The van der Waals surface area contributed by atoms with Crippen LogP contribution in [0.15, 0.2) is 17.2 Å². The van der Waals surface area contributed by atoms with Crippen LogP contribution in [0.3, 0.4) is 0 Å². The van der Waals surface area contributed by atoms with Crippen molar-refractivity contribution in [2.75, 3.05) is 13.2 Å². The largest absolute Gasteiger partial charge is 0.477 e. The van der Waals surface area contributed by atoms with Gasteiger partial charge in [0.1, 0.15) is 10.6 Å². The molecular weight excluding hydrogens is 296 g/mol. The number of aliphatic hydroxyl groups excluding tert-OH is 1. The number of carbonyl (C=O) groups is 1. The number of aliphatic hydroxyl groups is 1. The molecular formula is C13H22N2O5S. The lowest BCUT2D eigenvalue weighted by atomic mass is 10.2. The molecule has 8 heteroatoms. The Kier molecular flexibility index (Phi) is 5.94. The molecule has 7 nitrogen and oxygen atoms in total. The zero-order valence-corrected chi connectivity index (χ0v) is 13.3. The van der Waals surface area contributed by atoms with Gasteiger partial charge in [-0.3, -0.25) is 0 Å². The molecule has 0 saturated carbocycles. The Morgan fingerprint density at radius 2 is 1.95 bits per heavy atom. The molecule has 0 aliphatic heterocycles. The number of hydrogen-bond donors (Lipinski definition) is 2. The molecule has 0 aliphatic rings. The van der Waals surface area contributed by atoms with Gasteiger partial charge in [0, 0.05) is 25.8 Å². The molecule has 1 heterocycles. The molecule has 0 spiro atoms. The smallest absolute Gasteiger partial charge is 0.352 e. The molecule has 2 N–H and O–H groups in total. The summed E-state index contributed by atoms with van der Waals surface area (Å²) in [5.74, 6) is -1.19. The van der Waals surface area contributed by atoms with Crippen LogP contribution in [0.4, 0.5) is 0 Å². The lowest BCUT2D eigenvalue weighted by molar-refractivity contribution is 0.0686. The van der Waals surface area contributed by atoms with E-state index in [-0.39, 0.29) is 29.8 Å². The van der Waals surface area contributed by atoms with Gasteiger partial charge in [0.25, 0.3) is 0 Å². The van der Waals surface area contributed by atoms with E-state index in [1.54, 1.807) is 0 Å². The van der Waals surface area contributed by atoms with Crippen molar-refractivity contribution in [3.63, 3.8) is 0 Å².